The summed E-state index contributed by atoms with van der Waals surface area (Å²) in [6.45, 7) is 13.5. The van der Waals surface area contributed by atoms with Crippen molar-refractivity contribution in [1.82, 2.24) is 0 Å². The molecule has 0 heterocycles. The molecular formula is C16H32O2. The van der Waals surface area contributed by atoms with Crippen LogP contribution in [-0.2, 0) is 9.53 Å². The van der Waals surface area contributed by atoms with Crippen LogP contribution >= 0.6 is 0 Å². The highest BCUT2D eigenvalue weighted by molar-refractivity contribution is 5.71. The molecule has 0 N–H and O–H groups in total. The lowest BCUT2D eigenvalue weighted by molar-refractivity contribution is -0.148. The Morgan fingerprint density at radius 2 is 1.39 bits per heavy atom. The van der Waals surface area contributed by atoms with Crippen molar-refractivity contribution in [3.05, 3.63) is 0 Å². The second kappa shape index (κ2) is 9.41. The Morgan fingerprint density at radius 1 is 0.889 bits per heavy atom. The molecule has 0 rings (SSSR count). The van der Waals surface area contributed by atoms with E-state index in [1.807, 2.05) is 13.8 Å². The third-order valence-corrected chi connectivity index (χ3v) is 3.75. The molecule has 0 unspecified atom stereocenters. The highest BCUT2D eigenvalue weighted by atomic mass is 16.5. The summed E-state index contributed by atoms with van der Waals surface area (Å²) >= 11 is 0. The fourth-order valence-corrected chi connectivity index (χ4v) is 2.72. The van der Waals surface area contributed by atoms with Crippen LogP contribution in [0.5, 0.6) is 0 Å². The van der Waals surface area contributed by atoms with E-state index in [1.54, 1.807) is 0 Å². The third kappa shape index (κ3) is 7.73. The van der Waals surface area contributed by atoms with Gasteiger partial charge in [0.15, 0.2) is 0 Å². The Balaban J connectivity index is 3.95. The molecule has 0 aromatic rings. The molecule has 0 aliphatic rings. The van der Waals surface area contributed by atoms with Crippen molar-refractivity contribution in [2.24, 2.45) is 23.7 Å². The number of hydrogen-bond donors (Lipinski definition) is 0. The van der Waals surface area contributed by atoms with Crippen molar-refractivity contribution in [2.75, 3.05) is 6.61 Å². The number of carbonyl (C=O) groups excluding carboxylic acids is 1. The predicted octanol–water partition coefficient (Wildman–Crippen LogP) is 4.67. The van der Waals surface area contributed by atoms with E-state index in [0.29, 0.717) is 12.5 Å². The Labute approximate surface area is 113 Å². The molecule has 2 nitrogen and oxygen atoms in total. The van der Waals surface area contributed by atoms with Crippen molar-refractivity contribution in [3.63, 3.8) is 0 Å². The summed E-state index contributed by atoms with van der Waals surface area (Å²) in [6.07, 6.45) is 4.73. The predicted molar refractivity (Wildman–Crippen MR) is 77.4 cm³/mol. The summed E-state index contributed by atoms with van der Waals surface area (Å²) in [5.41, 5.74) is 0. The van der Waals surface area contributed by atoms with Crippen LogP contribution in [0.25, 0.3) is 0 Å². The standard InChI is InChI=1S/C16H32O2/c1-7-12(3)9-13(4)10-14(5)11-15(6)16(17)18-8-2/h12-15H,7-11H2,1-6H3/t12-,13-,14-,15-/m0/s1. The van der Waals surface area contributed by atoms with Crippen LogP contribution in [0.3, 0.4) is 0 Å². The number of carbonyl (C=O) groups is 1. The molecule has 0 aromatic carbocycles. The lowest BCUT2D eigenvalue weighted by Crippen LogP contribution is -2.18. The van der Waals surface area contributed by atoms with Gasteiger partial charge in [-0.25, -0.2) is 0 Å². The molecule has 0 spiro atoms. The van der Waals surface area contributed by atoms with E-state index in [4.69, 9.17) is 4.74 Å². The zero-order valence-electron chi connectivity index (χ0n) is 13.2. The first kappa shape index (κ1) is 17.5. The average Bonchev–Trinajstić information content (AvgIpc) is 2.28. The van der Waals surface area contributed by atoms with Gasteiger partial charge in [-0.05, 0) is 43.9 Å². The molecule has 0 aliphatic heterocycles. The van der Waals surface area contributed by atoms with Crippen LogP contribution in [0.15, 0.2) is 0 Å². The van der Waals surface area contributed by atoms with Crippen molar-refractivity contribution in [1.29, 1.82) is 0 Å². The van der Waals surface area contributed by atoms with Crippen LogP contribution in [0, 0.1) is 23.7 Å². The monoisotopic (exact) mass is 256 g/mol. The van der Waals surface area contributed by atoms with E-state index in [2.05, 4.69) is 27.7 Å². The normalized spacial score (nSPS) is 17.9. The van der Waals surface area contributed by atoms with E-state index in [9.17, 15) is 4.79 Å². The van der Waals surface area contributed by atoms with Crippen LogP contribution in [0.2, 0.25) is 0 Å². The molecule has 0 aromatic heterocycles. The first-order valence-electron chi connectivity index (χ1n) is 7.57. The Morgan fingerprint density at radius 3 is 1.89 bits per heavy atom. The Kier molecular flexibility index (Phi) is 9.13. The first-order valence-corrected chi connectivity index (χ1v) is 7.57. The maximum atomic E-state index is 11.6. The van der Waals surface area contributed by atoms with Crippen LogP contribution in [0.1, 0.15) is 67.2 Å². The maximum Gasteiger partial charge on any atom is 0.308 e. The minimum absolute atomic E-state index is 0.0377. The summed E-state index contributed by atoms with van der Waals surface area (Å²) in [6, 6.07) is 0. The van der Waals surface area contributed by atoms with Gasteiger partial charge in [-0.2, -0.15) is 0 Å². The molecule has 0 amide bonds. The summed E-state index contributed by atoms with van der Waals surface area (Å²) in [5.74, 6) is 2.16. The van der Waals surface area contributed by atoms with E-state index < -0.39 is 0 Å². The molecule has 108 valence electrons. The lowest BCUT2D eigenvalue weighted by atomic mass is 9.85. The van der Waals surface area contributed by atoms with Gasteiger partial charge in [0.05, 0.1) is 12.5 Å². The Bertz CT molecular complexity index is 225. The second-order valence-electron chi connectivity index (χ2n) is 6.08. The van der Waals surface area contributed by atoms with Gasteiger partial charge in [0, 0.05) is 0 Å². The minimum atomic E-state index is -0.0427. The van der Waals surface area contributed by atoms with Crippen molar-refractivity contribution >= 4 is 5.97 Å². The number of hydrogen-bond acceptors (Lipinski definition) is 2. The zero-order valence-corrected chi connectivity index (χ0v) is 13.2. The topological polar surface area (TPSA) is 26.3 Å². The summed E-state index contributed by atoms with van der Waals surface area (Å²) in [7, 11) is 0. The molecule has 0 bridgehead atoms. The van der Waals surface area contributed by atoms with Crippen molar-refractivity contribution in [3.8, 4) is 0 Å². The SMILES string of the molecule is CCOC(=O)[C@@H](C)C[C@@H](C)C[C@@H](C)C[C@@H](C)CC. The lowest BCUT2D eigenvalue weighted by Gasteiger charge is -2.21. The number of rotatable bonds is 9. The first-order chi connectivity index (χ1) is 8.40. The van der Waals surface area contributed by atoms with E-state index in [0.717, 1.165) is 18.3 Å². The molecule has 0 saturated heterocycles. The fraction of sp³-hybridized carbons (Fsp3) is 0.938. The molecule has 0 fully saturated rings. The van der Waals surface area contributed by atoms with Gasteiger partial charge in [-0.1, -0.05) is 41.0 Å². The average molecular weight is 256 g/mol. The molecule has 0 radical (unpaired) electrons. The van der Waals surface area contributed by atoms with E-state index >= 15 is 0 Å². The van der Waals surface area contributed by atoms with Gasteiger partial charge in [0.1, 0.15) is 0 Å². The van der Waals surface area contributed by atoms with E-state index in [-0.39, 0.29) is 11.9 Å². The van der Waals surface area contributed by atoms with Gasteiger partial charge in [0.2, 0.25) is 0 Å². The fourth-order valence-electron chi connectivity index (χ4n) is 2.72. The molecule has 0 saturated carbocycles. The third-order valence-electron chi connectivity index (χ3n) is 3.75. The van der Waals surface area contributed by atoms with Gasteiger partial charge >= 0.3 is 5.97 Å². The van der Waals surface area contributed by atoms with Crippen LogP contribution in [-0.4, -0.2) is 12.6 Å². The molecule has 18 heavy (non-hydrogen) atoms. The van der Waals surface area contributed by atoms with Gasteiger partial charge < -0.3 is 4.74 Å². The summed E-state index contributed by atoms with van der Waals surface area (Å²) in [4.78, 5) is 11.6. The molecule has 0 aliphatic carbocycles. The van der Waals surface area contributed by atoms with Crippen LogP contribution < -0.4 is 0 Å². The zero-order chi connectivity index (χ0) is 14.1. The second-order valence-corrected chi connectivity index (χ2v) is 6.08. The number of ether oxygens (including phenoxy) is 1. The molecule has 4 atom stereocenters. The summed E-state index contributed by atoms with van der Waals surface area (Å²) < 4.78 is 5.05. The largest absolute Gasteiger partial charge is 0.466 e. The van der Waals surface area contributed by atoms with Gasteiger partial charge in [-0.3, -0.25) is 4.79 Å². The Hall–Kier alpha value is -0.530. The van der Waals surface area contributed by atoms with Gasteiger partial charge in [0.25, 0.3) is 0 Å². The quantitative estimate of drug-likeness (QED) is 0.560. The highest BCUT2D eigenvalue weighted by Gasteiger charge is 2.19. The highest BCUT2D eigenvalue weighted by Crippen LogP contribution is 2.25. The minimum Gasteiger partial charge on any atom is -0.466 e. The van der Waals surface area contributed by atoms with Crippen LogP contribution in [0.4, 0.5) is 0 Å². The molecule has 2 heteroatoms. The maximum absolute atomic E-state index is 11.6. The van der Waals surface area contributed by atoms with Crippen molar-refractivity contribution < 1.29 is 9.53 Å². The smallest absolute Gasteiger partial charge is 0.308 e. The van der Waals surface area contributed by atoms with Gasteiger partial charge in [-0.15, -0.1) is 0 Å². The molecular weight excluding hydrogens is 224 g/mol. The summed E-state index contributed by atoms with van der Waals surface area (Å²) in [5, 5.41) is 0. The van der Waals surface area contributed by atoms with E-state index in [1.165, 1.54) is 19.3 Å². The van der Waals surface area contributed by atoms with Crippen molar-refractivity contribution in [2.45, 2.75) is 67.2 Å². The number of esters is 1.